The quantitative estimate of drug-likeness (QED) is 0.771. The lowest BCUT2D eigenvalue weighted by Crippen LogP contribution is -2.16. The second kappa shape index (κ2) is 3.94. The first-order chi connectivity index (χ1) is 7.58. The number of aliphatic carboxylic acids is 1. The Balaban J connectivity index is 2.69. The zero-order valence-electron chi connectivity index (χ0n) is 8.03. The number of nitrogens with zero attached hydrogens (tertiary/aromatic N) is 1. The molecular weight excluding hydrogens is 232 g/mol. The van der Waals surface area contributed by atoms with Gasteiger partial charge in [0.1, 0.15) is 5.15 Å². The van der Waals surface area contributed by atoms with Gasteiger partial charge in [-0.1, -0.05) is 11.6 Å². The monoisotopic (exact) mass is 238 g/mol. The van der Waals surface area contributed by atoms with Gasteiger partial charge in [0.15, 0.2) is 0 Å². The average Bonchev–Trinajstić information content (AvgIpc) is 2.20. The molecule has 0 saturated carbocycles. The van der Waals surface area contributed by atoms with Gasteiger partial charge in [0.05, 0.1) is 11.9 Å². The van der Waals surface area contributed by atoms with E-state index in [-0.39, 0.29) is 17.1 Å². The summed E-state index contributed by atoms with van der Waals surface area (Å²) in [7, 11) is 0. The molecule has 6 heteroatoms. The van der Waals surface area contributed by atoms with Gasteiger partial charge in [-0.05, 0) is 12.1 Å². The molecule has 0 saturated heterocycles. The van der Waals surface area contributed by atoms with Crippen LogP contribution in [-0.4, -0.2) is 21.0 Å². The summed E-state index contributed by atoms with van der Waals surface area (Å²) in [5.74, 6) is -1.06. The molecule has 0 fully saturated rings. The van der Waals surface area contributed by atoms with Crippen LogP contribution >= 0.6 is 11.6 Å². The Kier molecular flexibility index (Phi) is 2.62. The van der Waals surface area contributed by atoms with E-state index in [1.807, 2.05) is 0 Å². The van der Waals surface area contributed by atoms with Gasteiger partial charge in [0.2, 0.25) is 0 Å². The third kappa shape index (κ3) is 1.90. The van der Waals surface area contributed by atoms with Crippen molar-refractivity contribution in [1.29, 1.82) is 0 Å². The molecule has 0 aliphatic rings. The predicted molar refractivity (Wildman–Crippen MR) is 58.7 cm³/mol. The number of fused-ring (bicyclic) bond motifs is 1. The number of aromatic nitrogens is 2. The van der Waals surface area contributed by atoms with E-state index in [0.29, 0.717) is 10.9 Å². The maximum absolute atomic E-state index is 11.5. The van der Waals surface area contributed by atoms with Gasteiger partial charge >= 0.3 is 5.97 Å². The van der Waals surface area contributed by atoms with E-state index >= 15 is 0 Å². The standard InChI is InChI=1S/C10H7ClN2O3/c11-9-6-3-5(4-8(14)15)10(16)13-7(6)1-2-12-9/h1-3H,4H2,(H,13,16)(H,14,15). The molecule has 0 bridgehead atoms. The van der Waals surface area contributed by atoms with Crippen molar-refractivity contribution in [2.45, 2.75) is 6.42 Å². The van der Waals surface area contributed by atoms with Crippen LogP contribution < -0.4 is 5.56 Å². The van der Waals surface area contributed by atoms with E-state index in [2.05, 4.69) is 9.97 Å². The van der Waals surface area contributed by atoms with Crippen molar-refractivity contribution >= 4 is 28.5 Å². The van der Waals surface area contributed by atoms with Crippen molar-refractivity contribution in [3.63, 3.8) is 0 Å². The molecule has 2 aromatic rings. The molecule has 2 N–H and O–H groups in total. The Bertz CT molecular complexity index is 621. The first-order valence-corrected chi connectivity index (χ1v) is 4.84. The summed E-state index contributed by atoms with van der Waals surface area (Å²) in [6.45, 7) is 0. The normalized spacial score (nSPS) is 10.6. The second-order valence-electron chi connectivity index (χ2n) is 3.26. The average molecular weight is 239 g/mol. The number of halogens is 1. The summed E-state index contributed by atoms with van der Waals surface area (Å²) < 4.78 is 0. The highest BCUT2D eigenvalue weighted by atomic mass is 35.5. The lowest BCUT2D eigenvalue weighted by molar-refractivity contribution is -0.136. The van der Waals surface area contributed by atoms with Gasteiger partial charge < -0.3 is 10.1 Å². The largest absolute Gasteiger partial charge is 0.481 e. The number of hydrogen-bond acceptors (Lipinski definition) is 3. The Morgan fingerprint density at radius 3 is 3.00 bits per heavy atom. The van der Waals surface area contributed by atoms with Crippen LogP contribution in [0.2, 0.25) is 5.15 Å². The first kappa shape index (κ1) is 10.6. The van der Waals surface area contributed by atoms with E-state index in [0.717, 1.165) is 0 Å². The highest BCUT2D eigenvalue weighted by Gasteiger charge is 2.09. The lowest BCUT2D eigenvalue weighted by Gasteiger charge is -2.01. The molecule has 16 heavy (non-hydrogen) atoms. The number of H-pyrrole nitrogens is 1. The van der Waals surface area contributed by atoms with E-state index in [1.165, 1.54) is 12.3 Å². The minimum absolute atomic E-state index is 0.162. The molecule has 0 spiro atoms. The number of rotatable bonds is 2. The van der Waals surface area contributed by atoms with E-state index in [4.69, 9.17) is 16.7 Å². The van der Waals surface area contributed by atoms with Gasteiger partial charge in [0.25, 0.3) is 5.56 Å². The predicted octanol–water partition coefficient (Wildman–Crippen LogP) is 1.20. The fourth-order valence-electron chi connectivity index (χ4n) is 1.43. The van der Waals surface area contributed by atoms with Crippen LogP contribution in [0.4, 0.5) is 0 Å². The van der Waals surface area contributed by atoms with E-state index in [1.54, 1.807) is 6.07 Å². The Hall–Kier alpha value is -1.88. The highest BCUT2D eigenvalue weighted by Crippen LogP contribution is 2.18. The number of carboxylic acid groups (broad SMARTS) is 1. The minimum atomic E-state index is -1.06. The molecule has 2 rings (SSSR count). The Labute approximate surface area is 94.7 Å². The molecule has 2 heterocycles. The number of carboxylic acids is 1. The van der Waals surface area contributed by atoms with Crippen molar-refractivity contribution in [3.05, 3.63) is 39.4 Å². The van der Waals surface area contributed by atoms with Crippen molar-refractivity contribution in [2.24, 2.45) is 0 Å². The van der Waals surface area contributed by atoms with Crippen molar-refractivity contribution in [3.8, 4) is 0 Å². The van der Waals surface area contributed by atoms with Crippen molar-refractivity contribution in [2.75, 3.05) is 0 Å². The number of nitrogens with one attached hydrogen (secondary N) is 1. The van der Waals surface area contributed by atoms with Crippen molar-refractivity contribution < 1.29 is 9.90 Å². The van der Waals surface area contributed by atoms with Crippen molar-refractivity contribution in [1.82, 2.24) is 9.97 Å². The van der Waals surface area contributed by atoms with Gasteiger partial charge in [-0.15, -0.1) is 0 Å². The van der Waals surface area contributed by atoms with Gasteiger partial charge in [-0.25, -0.2) is 4.98 Å². The molecule has 0 radical (unpaired) electrons. The first-order valence-electron chi connectivity index (χ1n) is 4.46. The maximum atomic E-state index is 11.5. The summed E-state index contributed by atoms with van der Waals surface area (Å²) in [5, 5.41) is 9.41. The molecule has 5 nitrogen and oxygen atoms in total. The Morgan fingerprint density at radius 2 is 2.31 bits per heavy atom. The fraction of sp³-hybridized carbons (Fsp3) is 0.100. The summed E-state index contributed by atoms with van der Waals surface area (Å²) >= 11 is 5.84. The molecule has 0 atom stereocenters. The molecule has 0 aliphatic heterocycles. The minimum Gasteiger partial charge on any atom is -0.481 e. The lowest BCUT2D eigenvalue weighted by atomic mass is 10.1. The maximum Gasteiger partial charge on any atom is 0.308 e. The third-order valence-electron chi connectivity index (χ3n) is 2.14. The summed E-state index contributed by atoms with van der Waals surface area (Å²) in [6.07, 6.45) is 1.13. The topological polar surface area (TPSA) is 83.0 Å². The molecule has 0 aromatic carbocycles. The summed E-state index contributed by atoms with van der Waals surface area (Å²) in [4.78, 5) is 28.5. The SMILES string of the molecule is O=C(O)Cc1cc2c(Cl)nccc2[nH]c1=O. The van der Waals surface area contributed by atoms with Crippen LogP contribution in [0, 0.1) is 0 Å². The zero-order chi connectivity index (χ0) is 11.7. The van der Waals surface area contributed by atoms with Crippen LogP contribution in [0.15, 0.2) is 23.1 Å². The second-order valence-corrected chi connectivity index (χ2v) is 3.62. The van der Waals surface area contributed by atoms with E-state index in [9.17, 15) is 9.59 Å². The number of aromatic amines is 1. The smallest absolute Gasteiger partial charge is 0.308 e. The molecule has 2 aromatic heterocycles. The van der Waals surface area contributed by atoms with Crippen LogP contribution in [0.3, 0.4) is 0 Å². The molecule has 0 unspecified atom stereocenters. The van der Waals surface area contributed by atoms with Gasteiger partial charge in [-0.2, -0.15) is 0 Å². The van der Waals surface area contributed by atoms with Crippen LogP contribution in [0.5, 0.6) is 0 Å². The molecular formula is C10H7ClN2O3. The molecule has 0 aliphatic carbocycles. The molecule has 0 amide bonds. The number of hydrogen-bond donors (Lipinski definition) is 2. The van der Waals surface area contributed by atoms with Gasteiger partial charge in [-0.3, -0.25) is 9.59 Å². The van der Waals surface area contributed by atoms with Crippen LogP contribution in [0.1, 0.15) is 5.56 Å². The third-order valence-corrected chi connectivity index (χ3v) is 2.44. The van der Waals surface area contributed by atoms with Crippen LogP contribution in [-0.2, 0) is 11.2 Å². The Morgan fingerprint density at radius 1 is 1.56 bits per heavy atom. The fourth-order valence-corrected chi connectivity index (χ4v) is 1.64. The highest BCUT2D eigenvalue weighted by molar-refractivity contribution is 6.34. The number of pyridine rings is 2. The number of carbonyl (C=O) groups is 1. The summed E-state index contributed by atoms with van der Waals surface area (Å²) in [6, 6.07) is 3.06. The summed E-state index contributed by atoms with van der Waals surface area (Å²) in [5.41, 5.74) is 0.284. The van der Waals surface area contributed by atoms with E-state index < -0.39 is 11.5 Å². The van der Waals surface area contributed by atoms with Crippen LogP contribution in [0.25, 0.3) is 10.9 Å². The zero-order valence-corrected chi connectivity index (χ0v) is 8.78. The molecule has 82 valence electrons. The van der Waals surface area contributed by atoms with Gasteiger partial charge in [0, 0.05) is 17.1 Å².